The predicted molar refractivity (Wildman–Crippen MR) is 155 cm³/mol. The molecular weight excluding hydrogens is 579 g/mol. The lowest BCUT2D eigenvalue weighted by atomic mass is 9.69. The molecule has 37 heavy (non-hydrogen) atoms. The summed E-state index contributed by atoms with van der Waals surface area (Å²) >= 11 is 2.28. The zero-order chi connectivity index (χ0) is 26.4. The van der Waals surface area contributed by atoms with Crippen molar-refractivity contribution in [1.29, 1.82) is 5.26 Å². The van der Waals surface area contributed by atoms with Gasteiger partial charge in [0.25, 0.3) is 0 Å². The molecule has 7 nitrogen and oxygen atoms in total. The summed E-state index contributed by atoms with van der Waals surface area (Å²) in [7, 11) is 2.03. The molecule has 10 heteroatoms. The molecule has 1 aliphatic rings. The van der Waals surface area contributed by atoms with E-state index in [1.54, 1.807) is 18.3 Å². The molecule has 2 aromatic carbocycles. The van der Waals surface area contributed by atoms with Crippen molar-refractivity contribution in [1.82, 2.24) is 20.0 Å². The number of benzene rings is 2. The topological polar surface area (TPSA) is 91.5 Å². The van der Waals surface area contributed by atoms with Crippen LogP contribution in [-0.4, -0.2) is 34.4 Å². The van der Waals surface area contributed by atoms with Crippen molar-refractivity contribution in [2.45, 2.75) is 45.1 Å². The van der Waals surface area contributed by atoms with Gasteiger partial charge in [-0.2, -0.15) is 5.26 Å². The second-order valence-corrected chi connectivity index (χ2v) is 12.2. The van der Waals surface area contributed by atoms with Gasteiger partial charge in [-0.15, -0.1) is 5.10 Å². The minimum Gasteiger partial charge on any atom is -0.383 e. The number of hydrogen-bond acceptors (Lipinski definition) is 6. The standard InChI is InChI=1S/C27H28BFIN7/c1-26(2,3)15-33-24-16(12-31)13-32-25-21(24)10-19(11-22(25)30)34-27(28,17-4-6-18(29)7-5-17)23-14-37(36-35-23)20-8-9-20/h4-7,10-11,13-14,20,34H,8-9,15,28H2,1-3H3,(H,32,33). The summed E-state index contributed by atoms with van der Waals surface area (Å²) in [5.41, 5.74) is 3.78. The normalized spacial score (nSPS) is 15.2. The van der Waals surface area contributed by atoms with Crippen LogP contribution in [0.2, 0.25) is 0 Å². The van der Waals surface area contributed by atoms with Gasteiger partial charge in [-0.3, -0.25) is 4.98 Å². The monoisotopic (exact) mass is 607 g/mol. The molecular formula is C27H28BFIN7. The summed E-state index contributed by atoms with van der Waals surface area (Å²) in [6, 6.07) is 13.2. The molecule has 5 rings (SSSR count). The van der Waals surface area contributed by atoms with Gasteiger partial charge in [0.1, 0.15) is 25.4 Å². The third-order valence-electron chi connectivity index (χ3n) is 6.60. The molecule has 0 spiro atoms. The minimum absolute atomic E-state index is 0.0277. The van der Waals surface area contributed by atoms with Crippen molar-refractivity contribution in [2.75, 3.05) is 17.2 Å². The van der Waals surface area contributed by atoms with E-state index in [4.69, 9.17) is 0 Å². The quantitative estimate of drug-likeness (QED) is 0.222. The van der Waals surface area contributed by atoms with Gasteiger partial charge >= 0.3 is 0 Å². The highest BCUT2D eigenvalue weighted by Crippen LogP contribution is 2.38. The lowest BCUT2D eigenvalue weighted by Gasteiger charge is -2.31. The van der Waals surface area contributed by atoms with Crippen LogP contribution in [-0.2, 0) is 5.44 Å². The van der Waals surface area contributed by atoms with Crippen molar-refractivity contribution in [3.05, 3.63) is 75.0 Å². The maximum atomic E-state index is 13.8. The molecule has 2 heterocycles. The average molecular weight is 607 g/mol. The molecule has 1 atom stereocenters. The Morgan fingerprint density at radius 3 is 2.59 bits per heavy atom. The Morgan fingerprint density at radius 1 is 1.22 bits per heavy atom. The number of hydrogen-bond donors (Lipinski definition) is 2. The number of pyridine rings is 1. The lowest BCUT2D eigenvalue weighted by Crippen LogP contribution is -2.38. The van der Waals surface area contributed by atoms with E-state index in [-0.39, 0.29) is 11.2 Å². The highest BCUT2D eigenvalue weighted by atomic mass is 127. The number of fused-ring (bicyclic) bond motifs is 1. The number of halogens is 2. The van der Waals surface area contributed by atoms with E-state index in [0.717, 1.165) is 49.9 Å². The number of nitrogens with one attached hydrogen (secondary N) is 2. The van der Waals surface area contributed by atoms with E-state index in [0.29, 0.717) is 18.2 Å². The molecule has 0 amide bonds. The Kier molecular flexibility index (Phi) is 6.60. The SMILES string of the molecule is BC(Nc1cc(I)c2ncc(C#N)c(NCC(C)(C)C)c2c1)(c1ccc(F)cc1)c1cn(C2CC2)nn1. The Bertz CT molecular complexity index is 1500. The van der Waals surface area contributed by atoms with Crippen molar-refractivity contribution in [2.24, 2.45) is 5.41 Å². The van der Waals surface area contributed by atoms with Crippen LogP contribution in [0.25, 0.3) is 10.9 Å². The molecule has 1 aliphatic carbocycles. The molecule has 1 unspecified atom stereocenters. The first kappa shape index (κ1) is 25.5. The second-order valence-electron chi connectivity index (χ2n) is 11.0. The van der Waals surface area contributed by atoms with Crippen LogP contribution < -0.4 is 10.6 Å². The number of aromatic nitrogens is 4. The van der Waals surface area contributed by atoms with E-state index in [1.807, 2.05) is 30.9 Å². The van der Waals surface area contributed by atoms with Crippen LogP contribution in [0.5, 0.6) is 0 Å². The summed E-state index contributed by atoms with van der Waals surface area (Å²) in [5.74, 6) is -0.294. The second kappa shape index (κ2) is 9.60. The lowest BCUT2D eigenvalue weighted by molar-refractivity contribution is 0.443. The highest BCUT2D eigenvalue weighted by Gasteiger charge is 2.34. The largest absolute Gasteiger partial charge is 0.383 e. The Balaban J connectivity index is 1.62. The van der Waals surface area contributed by atoms with E-state index in [9.17, 15) is 9.65 Å². The third-order valence-corrected chi connectivity index (χ3v) is 7.42. The fourth-order valence-electron chi connectivity index (χ4n) is 4.34. The van der Waals surface area contributed by atoms with Crippen LogP contribution in [0, 0.1) is 26.1 Å². The van der Waals surface area contributed by atoms with Crippen LogP contribution in [0.3, 0.4) is 0 Å². The molecule has 188 valence electrons. The van der Waals surface area contributed by atoms with Crippen LogP contribution in [0.1, 0.15) is 56.5 Å². The smallest absolute Gasteiger partial charge is 0.148 e. The van der Waals surface area contributed by atoms with Crippen molar-refractivity contribution in [3.63, 3.8) is 0 Å². The van der Waals surface area contributed by atoms with Crippen molar-refractivity contribution in [3.8, 4) is 6.07 Å². The average Bonchev–Trinajstić information content (AvgIpc) is 3.58. The molecule has 2 N–H and O–H groups in total. The van der Waals surface area contributed by atoms with Gasteiger partial charge in [-0.05, 0) is 70.7 Å². The number of rotatable bonds is 7. The van der Waals surface area contributed by atoms with Gasteiger partial charge in [0.15, 0.2) is 0 Å². The van der Waals surface area contributed by atoms with E-state index < -0.39 is 5.44 Å². The van der Waals surface area contributed by atoms with Gasteiger partial charge in [0.2, 0.25) is 0 Å². The van der Waals surface area contributed by atoms with E-state index >= 15 is 0 Å². The van der Waals surface area contributed by atoms with Gasteiger partial charge in [0.05, 0.1) is 34.4 Å². The van der Waals surface area contributed by atoms with Gasteiger partial charge in [-0.25, -0.2) is 9.07 Å². The Labute approximate surface area is 230 Å². The zero-order valence-corrected chi connectivity index (χ0v) is 23.5. The molecule has 0 aliphatic heterocycles. The first-order chi connectivity index (χ1) is 17.6. The summed E-state index contributed by atoms with van der Waals surface area (Å²) in [5, 5.41) is 26.7. The fraction of sp³-hybridized carbons (Fsp3) is 0.333. The zero-order valence-electron chi connectivity index (χ0n) is 21.3. The number of anilines is 2. The molecule has 0 bridgehead atoms. The van der Waals surface area contributed by atoms with E-state index in [2.05, 4.69) is 75.4 Å². The molecule has 4 aromatic rings. The molecule has 2 aromatic heterocycles. The summed E-state index contributed by atoms with van der Waals surface area (Å²) < 4.78 is 16.7. The van der Waals surface area contributed by atoms with Crippen molar-refractivity contribution >= 4 is 52.7 Å². The first-order valence-electron chi connectivity index (χ1n) is 12.3. The summed E-state index contributed by atoms with van der Waals surface area (Å²) in [6.07, 6.45) is 5.81. The summed E-state index contributed by atoms with van der Waals surface area (Å²) in [4.78, 5) is 4.58. The van der Waals surface area contributed by atoms with Crippen LogP contribution >= 0.6 is 22.6 Å². The molecule has 1 fully saturated rings. The Hall–Kier alpha value is -3.20. The van der Waals surface area contributed by atoms with Crippen LogP contribution in [0.15, 0.2) is 48.8 Å². The summed E-state index contributed by atoms with van der Waals surface area (Å²) in [6.45, 7) is 7.14. The maximum Gasteiger partial charge on any atom is 0.148 e. The van der Waals surface area contributed by atoms with Crippen molar-refractivity contribution < 1.29 is 4.39 Å². The molecule has 0 radical (unpaired) electrons. The Morgan fingerprint density at radius 2 is 1.95 bits per heavy atom. The fourth-order valence-corrected chi connectivity index (χ4v) is 5.11. The van der Waals surface area contributed by atoms with E-state index in [1.165, 1.54) is 12.1 Å². The van der Waals surface area contributed by atoms with Crippen LogP contribution in [0.4, 0.5) is 15.8 Å². The van der Waals surface area contributed by atoms with Gasteiger partial charge in [-0.1, -0.05) is 38.1 Å². The molecule has 1 saturated carbocycles. The number of nitriles is 1. The maximum absolute atomic E-state index is 13.8. The number of nitrogens with zero attached hydrogens (tertiary/aromatic N) is 5. The first-order valence-corrected chi connectivity index (χ1v) is 13.4. The third kappa shape index (κ3) is 5.28. The molecule has 0 saturated heterocycles. The highest BCUT2D eigenvalue weighted by molar-refractivity contribution is 14.1. The van der Waals surface area contributed by atoms with Gasteiger partial charge < -0.3 is 10.6 Å². The minimum atomic E-state index is -0.781. The van der Waals surface area contributed by atoms with Gasteiger partial charge in [0, 0.05) is 27.4 Å². The predicted octanol–water partition coefficient (Wildman–Crippen LogP) is 5.18.